The molecule has 2 heterocycles. The highest BCUT2D eigenvalue weighted by atomic mass is 35.5. The lowest BCUT2D eigenvalue weighted by Gasteiger charge is -2.43. The normalized spacial score (nSPS) is 24.4. The first kappa shape index (κ1) is 21.4. The van der Waals surface area contributed by atoms with Gasteiger partial charge in [-0.15, -0.1) is 0 Å². The lowest BCUT2D eigenvalue weighted by molar-refractivity contribution is -0.0144. The molecule has 1 aliphatic heterocycles. The van der Waals surface area contributed by atoms with Gasteiger partial charge in [-0.25, -0.2) is 4.79 Å². The molecule has 2 amide bonds. The molecule has 2 fully saturated rings. The van der Waals surface area contributed by atoms with E-state index in [0.29, 0.717) is 24.5 Å². The standard InChI is InChI=1S/C22H31ClN4O3/c1-22(2,20(29)18-10-15(23)9-13-12-24-26-19(13)18)14-5-7-27(8-6-14)21(30)25-16-3-4-17(28)11-16/h9-10,12,14,16-17,20,28-29H,3-8,11H2,1-2H3,(H,24,26)(H,25,30)/t16-,17-,20-/m1/s1. The molecule has 4 N–H and O–H groups in total. The number of fused-ring (bicyclic) bond motifs is 1. The van der Waals surface area contributed by atoms with Crippen LogP contribution in [0.4, 0.5) is 4.79 Å². The fourth-order valence-electron chi connectivity index (χ4n) is 5.07. The quantitative estimate of drug-likeness (QED) is 0.590. The predicted octanol–water partition coefficient (Wildman–Crippen LogP) is 3.61. The van der Waals surface area contributed by atoms with Crippen LogP contribution in [0.15, 0.2) is 18.3 Å². The molecule has 1 aliphatic carbocycles. The van der Waals surface area contributed by atoms with Gasteiger partial charge in [0.2, 0.25) is 0 Å². The van der Waals surface area contributed by atoms with Crippen LogP contribution in [-0.2, 0) is 0 Å². The van der Waals surface area contributed by atoms with Crippen molar-refractivity contribution >= 4 is 28.5 Å². The van der Waals surface area contributed by atoms with Crippen molar-refractivity contribution in [1.82, 2.24) is 20.4 Å². The van der Waals surface area contributed by atoms with Crippen LogP contribution in [0.5, 0.6) is 0 Å². The van der Waals surface area contributed by atoms with Crippen molar-refractivity contribution < 1.29 is 15.0 Å². The second-order valence-electron chi connectivity index (χ2n) is 9.43. The second kappa shape index (κ2) is 8.36. The van der Waals surface area contributed by atoms with E-state index in [1.165, 1.54) is 0 Å². The van der Waals surface area contributed by atoms with Gasteiger partial charge in [0.05, 0.1) is 23.9 Å². The summed E-state index contributed by atoms with van der Waals surface area (Å²) in [5.41, 5.74) is 1.19. The lowest BCUT2D eigenvalue weighted by atomic mass is 9.68. The maximum absolute atomic E-state index is 12.6. The van der Waals surface area contributed by atoms with Gasteiger partial charge >= 0.3 is 6.03 Å². The molecule has 30 heavy (non-hydrogen) atoms. The third kappa shape index (κ3) is 4.15. The summed E-state index contributed by atoms with van der Waals surface area (Å²) in [4.78, 5) is 14.4. The SMILES string of the molecule is CC(C)(C1CCN(C(=O)N[C@@H]2CC[C@@H](O)C2)CC1)[C@H](O)c1cc(Cl)cc2cn[nH]c12. The minimum Gasteiger partial charge on any atom is -0.393 e. The molecule has 7 nitrogen and oxygen atoms in total. The number of aromatic amines is 1. The third-order valence-electron chi connectivity index (χ3n) is 7.11. The Balaban J connectivity index is 1.40. The van der Waals surface area contributed by atoms with Gasteiger partial charge in [0.25, 0.3) is 0 Å². The molecule has 164 valence electrons. The number of aromatic nitrogens is 2. The Labute approximate surface area is 181 Å². The van der Waals surface area contributed by atoms with Crippen LogP contribution in [0.25, 0.3) is 10.9 Å². The number of hydrogen-bond acceptors (Lipinski definition) is 4. The van der Waals surface area contributed by atoms with Gasteiger partial charge in [0.15, 0.2) is 0 Å². The van der Waals surface area contributed by atoms with E-state index in [2.05, 4.69) is 29.4 Å². The number of piperidine rings is 1. The van der Waals surface area contributed by atoms with Crippen LogP contribution in [0.3, 0.4) is 0 Å². The number of halogens is 1. The number of benzene rings is 1. The number of carbonyl (C=O) groups is 1. The predicted molar refractivity (Wildman–Crippen MR) is 116 cm³/mol. The number of carbonyl (C=O) groups excluding carboxylic acids is 1. The van der Waals surface area contributed by atoms with E-state index in [1.54, 1.807) is 6.20 Å². The molecule has 2 aromatic rings. The molecule has 0 radical (unpaired) electrons. The van der Waals surface area contributed by atoms with Gasteiger partial charge in [-0.05, 0) is 55.6 Å². The zero-order chi connectivity index (χ0) is 21.5. The Morgan fingerprint density at radius 2 is 2.03 bits per heavy atom. The number of aliphatic hydroxyl groups is 2. The molecule has 0 spiro atoms. The fraction of sp³-hybridized carbons (Fsp3) is 0.636. The maximum Gasteiger partial charge on any atom is 0.317 e. The van der Waals surface area contributed by atoms with Crippen molar-refractivity contribution in [3.05, 3.63) is 28.9 Å². The largest absolute Gasteiger partial charge is 0.393 e. The number of nitrogens with one attached hydrogen (secondary N) is 2. The highest BCUT2D eigenvalue weighted by Gasteiger charge is 2.40. The van der Waals surface area contributed by atoms with Gasteiger partial charge in [0, 0.05) is 35.1 Å². The topological polar surface area (TPSA) is 101 Å². The molecule has 4 rings (SSSR count). The summed E-state index contributed by atoms with van der Waals surface area (Å²) in [5, 5.41) is 32.6. The van der Waals surface area contributed by atoms with Crippen molar-refractivity contribution in [3.8, 4) is 0 Å². The highest BCUT2D eigenvalue weighted by Crippen LogP contribution is 2.46. The van der Waals surface area contributed by atoms with Crippen molar-refractivity contribution in [2.45, 2.75) is 64.2 Å². The average molecular weight is 435 g/mol. The maximum atomic E-state index is 12.6. The summed E-state index contributed by atoms with van der Waals surface area (Å²) in [6.07, 6.45) is 4.61. The summed E-state index contributed by atoms with van der Waals surface area (Å²) in [7, 11) is 0. The van der Waals surface area contributed by atoms with Gasteiger partial charge in [-0.1, -0.05) is 25.4 Å². The van der Waals surface area contributed by atoms with E-state index in [-0.39, 0.29) is 29.5 Å². The second-order valence-corrected chi connectivity index (χ2v) is 9.86. The van der Waals surface area contributed by atoms with E-state index >= 15 is 0 Å². The van der Waals surface area contributed by atoms with Crippen molar-refractivity contribution in [2.24, 2.45) is 11.3 Å². The van der Waals surface area contributed by atoms with Crippen LogP contribution in [0, 0.1) is 11.3 Å². The minimum atomic E-state index is -0.704. The number of rotatable bonds is 4. The first-order valence-corrected chi connectivity index (χ1v) is 11.2. The van der Waals surface area contributed by atoms with Crippen LogP contribution >= 0.6 is 11.6 Å². The number of hydrogen-bond donors (Lipinski definition) is 4. The number of amides is 2. The third-order valence-corrected chi connectivity index (χ3v) is 7.33. The Hall–Kier alpha value is -1.83. The number of likely N-dealkylation sites (tertiary alicyclic amines) is 1. The molecule has 1 aromatic carbocycles. The summed E-state index contributed by atoms with van der Waals surface area (Å²) < 4.78 is 0. The molecule has 0 unspecified atom stereocenters. The van der Waals surface area contributed by atoms with Crippen molar-refractivity contribution in [2.75, 3.05) is 13.1 Å². The molecule has 0 bridgehead atoms. The van der Waals surface area contributed by atoms with Gasteiger partial charge < -0.3 is 20.4 Å². The van der Waals surface area contributed by atoms with Crippen molar-refractivity contribution in [1.29, 1.82) is 0 Å². The average Bonchev–Trinajstić information content (AvgIpc) is 3.35. The zero-order valence-corrected chi connectivity index (χ0v) is 18.3. The van der Waals surface area contributed by atoms with E-state index < -0.39 is 6.10 Å². The molecule has 2 aliphatic rings. The van der Waals surface area contributed by atoms with Crippen LogP contribution < -0.4 is 5.32 Å². The number of H-pyrrole nitrogens is 1. The highest BCUT2D eigenvalue weighted by molar-refractivity contribution is 6.31. The monoisotopic (exact) mass is 434 g/mol. The van der Waals surface area contributed by atoms with Gasteiger partial charge in [0.1, 0.15) is 0 Å². The Morgan fingerprint density at radius 3 is 2.70 bits per heavy atom. The molecule has 1 aromatic heterocycles. The molecule has 8 heteroatoms. The van der Waals surface area contributed by atoms with Crippen LogP contribution in [-0.4, -0.2) is 56.6 Å². The first-order valence-electron chi connectivity index (χ1n) is 10.8. The lowest BCUT2D eigenvalue weighted by Crippen LogP contribution is -2.49. The van der Waals surface area contributed by atoms with Gasteiger partial charge in [-0.3, -0.25) is 5.10 Å². The summed E-state index contributed by atoms with van der Waals surface area (Å²) >= 11 is 6.27. The summed E-state index contributed by atoms with van der Waals surface area (Å²) in [5.74, 6) is 0.266. The fourth-order valence-corrected chi connectivity index (χ4v) is 5.30. The first-order chi connectivity index (χ1) is 14.3. The van der Waals surface area contributed by atoms with E-state index in [9.17, 15) is 15.0 Å². The van der Waals surface area contributed by atoms with Crippen molar-refractivity contribution in [3.63, 3.8) is 0 Å². The summed E-state index contributed by atoms with van der Waals surface area (Å²) in [6, 6.07) is 3.68. The molecular formula is C22H31ClN4O3. The number of nitrogens with zero attached hydrogens (tertiary/aromatic N) is 2. The minimum absolute atomic E-state index is 0.0417. The Bertz CT molecular complexity index is 907. The Kier molecular flexibility index (Phi) is 5.97. The number of aliphatic hydroxyl groups excluding tert-OH is 2. The smallest absolute Gasteiger partial charge is 0.317 e. The summed E-state index contributed by atoms with van der Waals surface area (Å²) in [6.45, 7) is 5.50. The van der Waals surface area contributed by atoms with E-state index in [4.69, 9.17) is 11.6 Å². The van der Waals surface area contributed by atoms with E-state index in [0.717, 1.165) is 42.1 Å². The van der Waals surface area contributed by atoms with Gasteiger partial charge in [-0.2, -0.15) is 5.10 Å². The molecule has 1 saturated carbocycles. The molecular weight excluding hydrogens is 404 g/mol. The van der Waals surface area contributed by atoms with E-state index in [1.807, 2.05) is 17.0 Å². The van der Waals surface area contributed by atoms with Crippen LogP contribution in [0.1, 0.15) is 57.6 Å². The Morgan fingerprint density at radius 1 is 1.30 bits per heavy atom. The number of urea groups is 1. The van der Waals surface area contributed by atoms with Crippen LogP contribution in [0.2, 0.25) is 5.02 Å². The molecule has 1 saturated heterocycles. The zero-order valence-electron chi connectivity index (χ0n) is 17.6. The molecule has 3 atom stereocenters.